The quantitative estimate of drug-likeness (QED) is 0.748. The highest BCUT2D eigenvalue weighted by Gasteiger charge is 2.10. The lowest BCUT2D eigenvalue weighted by Crippen LogP contribution is -2.28. The van der Waals surface area contributed by atoms with Crippen LogP contribution in [0.15, 0.2) is 29.2 Å². The van der Waals surface area contributed by atoms with Crippen LogP contribution in [0.1, 0.15) is 6.92 Å². The number of nitrogens with zero attached hydrogens (tertiary/aromatic N) is 1. The maximum Gasteiger partial charge on any atom is 0.178 e. The number of likely N-dealkylation sites (N-methyl/N-ethyl adjacent to an activating group) is 1. The minimum atomic E-state index is -3.11. The highest BCUT2D eigenvalue weighted by Crippen LogP contribution is 2.15. The predicted molar refractivity (Wildman–Crippen MR) is 82.0 cm³/mol. The number of rotatable bonds is 9. The van der Waals surface area contributed by atoms with Crippen LogP contribution in [-0.2, 0) is 14.6 Å². The zero-order chi connectivity index (χ0) is 15.0. The van der Waals surface area contributed by atoms with Gasteiger partial charge in [0.05, 0.1) is 17.3 Å². The fraction of sp³-hybridized carbons (Fsp3) is 0.571. The first-order valence-electron chi connectivity index (χ1n) is 6.73. The highest BCUT2D eigenvalue weighted by atomic mass is 32.2. The van der Waals surface area contributed by atoms with E-state index >= 15 is 0 Å². The Bertz CT molecular complexity index is 486. The van der Waals surface area contributed by atoms with E-state index in [1.807, 2.05) is 7.05 Å². The third-order valence-corrected chi connectivity index (χ3v) is 4.84. The summed E-state index contributed by atoms with van der Waals surface area (Å²) in [5.41, 5.74) is 0.931. The lowest BCUT2D eigenvalue weighted by Gasteiger charge is -2.16. The number of methoxy groups -OCH3 is 1. The van der Waals surface area contributed by atoms with Crippen molar-refractivity contribution in [2.24, 2.45) is 0 Å². The number of ether oxygens (including phenoxy) is 1. The molecule has 1 aromatic rings. The summed E-state index contributed by atoms with van der Waals surface area (Å²) in [5.74, 6) is 0.129. The van der Waals surface area contributed by atoms with Crippen molar-refractivity contribution in [1.82, 2.24) is 4.90 Å². The molecule has 1 aromatic carbocycles. The van der Waals surface area contributed by atoms with E-state index in [4.69, 9.17) is 4.74 Å². The minimum Gasteiger partial charge on any atom is -0.384 e. The predicted octanol–water partition coefficient (Wildman–Crippen LogP) is 1.47. The Labute approximate surface area is 121 Å². The molecule has 0 radical (unpaired) electrons. The van der Waals surface area contributed by atoms with Gasteiger partial charge in [-0.3, -0.25) is 0 Å². The highest BCUT2D eigenvalue weighted by molar-refractivity contribution is 7.91. The van der Waals surface area contributed by atoms with Gasteiger partial charge >= 0.3 is 0 Å². The molecule has 0 amide bonds. The molecule has 0 saturated carbocycles. The number of hydrogen-bond donors (Lipinski definition) is 1. The lowest BCUT2D eigenvalue weighted by molar-refractivity contribution is 0.163. The molecule has 0 aliphatic rings. The standard InChI is InChI=1S/C14H24N2O3S/c1-4-20(17,18)14-7-5-13(6-8-14)15-9-10-16(2)11-12-19-3/h5-8,15H,4,9-12H2,1-3H3. The van der Waals surface area contributed by atoms with E-state index in [-0.39, 0.29) is 5.75 Å². The number of sulfone groups is 1. The molecule has 0 spiro atoms. The summed E-state index contributed by atoms with van der Waals surface area (Å²) >= 11 is 0. The van der Waals surface area contributed by atoms with Gasteiger partial charge in [0.2, 0.25) is 0 Å². The van der Waals surface area contributed by atoms with E-state index in [0.717, 1.165) is 31.9 Å². The SMILES string of the molecule is CCS(=O)(=O)c1ccc(NCCN(C)CCOC)cc1. The summed E-state index contributed by atoms with van der Waals surface area (Å²) in [7, 11) is 0.623. The van der Waals surface area contributed by atoms with E-state index < -0.39 is 9.84 Å². The molecule has 0 aliphatic heterocycles. The van der Waals surface area contributed by atoms with Crippen LogP contribution in [0.2, 0.25) is 0 Å². The fourth-order valence-electron chi connectivity index (χ4n) is 1.70. The van der Waals surface area contributed by atoms with Gasteiger partial charge in [0.25, 0.3) is 0 Å². The van der Waals surface area contributed by atoms with Crippen molar-refractivity contribution >= 4 is 15.5 Å². The zero-order valence-corrected chi connectivity index (χ0v) is 13.2. The third kappa shape index (κ3) is 5.48. The van der Waals surface area contributed by atoms with Gasteiger partial charge in [-0.2, -0.15) is 0 Å². The van der Waals surface area contributed by atoms with E-state index in [1.165, 1.54) is 0 Å². The number of nitrogens with one attached hydrogen (secondary N) is 1. The molecule has 114 valence electrons. The first-order chi connectivity index (χ1) is 9.49. The second-order valence-electron chi connectivity index (χ2n) is 4.65. The summed E-state index contributed by atoms with van der Waals surface area (Å²) in [6.45, 7) is 4.97. The average molecular weight is 300 g/mol. The van der Waals surface area contributed by atoms with Gasteiger partial charge in [-0.25, -0.2) is 8.42 Å². The molecule has 0 bridgehead atoms. The number of anilines is 1. The van der Waals surface area contributed by atoms with Crippen LogP contribution in [0.25, 0.3) is 0 Å². The molecule has 5 nitrogen and oxygen atoms in total. The van der Waals surface area contributed by atoms with Crippen LogP contribution < -0.4 is 5.32 Å². The van der Waals surface area contributed by atoms with Crippen LogP contribution in [0, 0.1) is 0 Å². The second kappa shape index (κ2) is 8.24. The van der Waals surface area contributed by atoms with Crippen molar-refractivity contribution in [2.75, 3.05) is 51.5 Å². The third-order valence-electron chi connectivity index (χ3n) is 3.09. The summed E-state index contributed by atoms with van der Waals surface area (Å²) in [5, 5.41) is 3.27. The Morgan fingerprint density at radius 2 is 1.85 bits per heavy atom. The molecule has 1 N–H and O–H groups in total. The van der Waals surface area contributed by atoms with E-state index in [2.05, 4.69) is 10.2 Å². The topological polar surface area (TPSA) is 58.6 Å². The van der Waals surface area contributed by atoms with E-state index in [9.17, 15) is 8.42 Å². The Morgan fingerprint density at radius 3 is 2.40 bits per heavy atom. The van der Waals surface area contributed by atoms with E-state index in [1.54, 1.807) is 38.3 Å². The van der Waals surface area contributed by atoms with Gasteiger partial charge in [0, 0.05) is 32.4 Å². The summed E-state index contributed by atoms with van der Waals surface area (Å²) in [6, 6.07) is 6.90. The van der Waals surface area contributed by atoms with Crippen molar-refractivity contribution in [2.45, 2.75) is 11.8 Å². The van der Waals surface area contributed by atoms with Crippen molar-refractivity contribution in [3.05, 3.63) is 24.3 Å². The summed E-state index contributed by atoms with van der Waals surface area (Å²) < 4.78 is 28.4. The van der Waals surface area contributed by atoms with Crippen LogP contribution in [-0.4, -0.2) is 59.5 Å². The normalized spacial score (nSPS) is 11.8. The fourth-order valence-corrected chi connectivity index (χ4v) is 2.58. The molecule has 0 heterocycles. The molecule has 0 aromatic heterocycles. The Balaban J connectivity index is 2.43. The lowest BCUT2D eigenvalue weighted by atomic mass is 10.3. The smallest absolute Gasteiger partial charge is 0.178 e. The minimum absolute atomic E-state index is 0.129. The molecule has 0 aliphatic carbocycles. The van der Waals surface area contributed by atoms with Crippen molar-refractivity contribution < 1.29 is 13.2 Å². The molecule has 0 saturated heterocycles. The van der Waals surface area contributed by atoms with Crippen molar-refractivity contribution in [3.8, 4) is 0 Å². The largest absolute Gasteiger partial charge is 0.384 e. The van der Waals surface area contributed by atoms with Gasteiger partial charge < -0.3 is 15.0 Å². The molecule has 20 heavy (non-hydrogen) atoms. The summed E-state index contributed by atoms with van der Waals surface area (Å²) in [4.78, 5) is 2.55. The first-order valence-corrected chi connectivity index (χ1v) is 8.39. The monoisotopic (exact) mass is 300 g/mol. The van der Waals surface area contributed by atoms with Gasteiger partial charge in [-0.05, 0) is 31.3 Å². The Morgan fingerprint density at radius 1 is 1.20 bits per heavy atom. The van der Waals surface area contributed by atoms with Gasteiger partial charge in [0.15, 0.2) is 9.84 Å². The molecular weight excluding hydrogens is 276 g/mol. The van der Waals surface area contributed by atoms with Gasteiger partial charge in [-0.1, -0.05) is 6.92 Å². The van der Waals surface area contributed by atoms with E-state index in [0.29, 0.717) is 4.90 Å². The first kappa shape index (κ1) is 16.9. The molecule has 6 heteroatoms. The number of benzene rings is 1. The Hall–Kier alpha value is -1.11. The van der Waals surface area contributed by atoms with Crippen molar-refractivity contribution in [3.63, 3.8) is 0 Å². The molecule has 1 rings (SSSR count). The Kier molecular flexibility index (Phi) is 6.98. The average Bonchev–Trinajstić information content (AvgIpc) is 2.45. The molecular formula is C14H24N2O3S. The van der Waals surface area contributed by atoms with Crippen LogP contribution >= 0.6 is 0 Å². The van der Waals surface area contributed by atoms with Crippen LogP contribution in [0.3, 0.4) is 0 Å². The molecule has 0 fully saturated rings. The maximum absolute atomic E-state index is 11.7. The second-order valence-corrected chi connectivity index (χ2v) is 6.93. The zero-order valence-electron chi connectivity index (χ0n) is 12.4. The van der Waals surface area contributed by atoms with Crippen LogP contribution in [0.4, 0.5) is 5.69 Å². The van der Waals surface area contributed by atoms with Gasteiger partial charge in [-0.15, -0.1) is 0 Å². The van der Waals surface area contributed by atoms with Crippen LogP contribution in [0.5, 0.6) is 0 Å². The maximum atomic E-state index is 11.7. The summed E-state index contributed by atoms with van der Waals surface area (Å²) in [6.07, 6.45) is 0. The molecule has 0 atom stereocenters. The number of hydrogen-bond acceptors (Lipinski definition) is 5. The van der Waals surface area contributed by atoms with Gasteiger partial charge in [0.1, 0.15) is 0 Å². The molecule has 0 unspecified atom stereocenters. The van der Waals surface area contributed by atoms with Crippen molar-refractivity contribution in [1.29, 1.82) is 0 Å².